The van der Waals surface area contributed by atoms with Crippen molar-refractivity contribution < 1.29 is 9.53 Å². The van der Waals surface area contributed by atoms with E-state index in [0.29, 0.717) is 12.5 Å². The number of carbonyl (C=O) groups excluding carboxylic acids is 1. The van der Waals surface area contributed by atoms with E-state index in [2.05, 4.69) is 20.5 Å². The number of hydrogen-bond donors (Lipinski definition) is 2. The predicted molar refractivity (Wildman–Crippen MR) is 81.6 cm³/mol. The van der Waals surface area contributed by atoms with E-state index in [4.69, 9.17) is 4.74 Å². The summed E-state index contributed by atoms with van der Waals surface area (Å²) in [5.74, 6) is 1.30. The van der Waals surface area contributed by atoms with Gasteiger partial charge in [-0.1, -0.05) is 0 Å². The van der Waals surface area contributed by atoms with Crippen LogP contribution in [0.1, 0.15) is 19.3 Å². The Morgan fingerprint density at radius 3 is 3.05 bits per heavy atom. The normalized spacial score (nSPS) is 21.5. The van der Waals surface area contributed by atoms with Gasteiger partial charge < -0.3 is 20.3 Å². The first-order valence-corrected chi connectivity index (χ1v) is 7.65. The van der Waals surface area contributed by atoms with E-state index in [1.807, 2.05) is 12.1 Å². The number of carbonyl (C=O) groups is 1. The van der Waals surface area contributed by atoms with Crippen molar-refractivity contribution in [2.75, 3.05) is 43.1 Å². The molecule has 1 atom stereocenters. The first kappa shape index (κ1) is 14.1. The number of amides is 2. The molecular formula is C15H22N4O2. The molecule has 0 saturated carbocycles. The van der Waals surface area contributed by atoms with E-state index in [1.54, 1.807) is 6.20 Å². The van der Waals surface area contributed by atoms with Crippen LogP contribution in [0, 0.1) is 5.92 Å². The van der Waals surface area contributed by atoms with Crippen LogP contribution in [-0.2, 0) is 4.74 Å². The van der Waals surface area contributed by atoms with Gasteiger partial charge in [0.15, 0.2) is 5.82 Å². The van der Waals surface area contributed by atoms with Gasteiger partial charge in [-0.15, -0.1) is 0 Å². The quantitative estimate of drug-likeness (QED) is 0.888. The van der Waals surface area contributed by atoms with Crippen molar-refractivity contribution in [2.45, 2.75) is 19.3 Å². The molecule has 3 heterocycles. The smallest absolute Gasteiger partial charge is 0.319 e. The molecule has 2 saturated heterocycles. The zero-order chi connectivity index (χ0) is 14.5. The van der Waals surface area contributed by atoms with Crippen molar-refractivity contribution in [3.05, 3.63) is 18.3 Å². The summed E-state index contributed by atoms with van der Waals surface area (Å²) in [6, 6.07) is 3.58. The maximum absolute atomic E-state index is 12.0. The topological polar surface area (TPSA) is 66.5 Å². The number of aromatic nitrogens is 1. The summed E-state index contributed by atoms with van der Waals surface area (Å²) in [5.41, 5.74) is 0.777. The van der Waals surface area contributed by atoms with Gasteiger partial charge in [0.05, 0.1) is 12.3 Å². The number of hydrogen-bond acceptors (Lipinski definition) is 4. The number of nitrogens with one attached hydrogen (secondary N) is 2. The average Bonchev–Trinajstić information content (AvgIpc) is 3.19. The third-order valence-electron chi connectivity index (χ3n) is 4.02. The minimum atomic E-state index is -0.171. The summed E-state index contributed by atoms with van der Waals surface area (Å²) in [4.78, 5) is 18.7. The number of ether oxygens (including phenoxy) is 1. The highest BCUT2D eigenvalue weighted by Crippen LogP contribution is 2.25. The van der Waals surface area contributed by atoms with Crippen LogP contribution in [0.15, 0.2) is 18.3 Å². The molecule has 21 heavy (non-hydrogen) atoms. The van der Waals surface area contributed by atoms with E-state index in [1.165, 1.54) is 12.8 Å². The Balaban J connectivity index is 1.57. The van der Waals surface area contributed by atoms with Crippen molar-refractivity contribution in [2.24, 2.45) is 5.92 Å². The highest BCUT2D eigenvalue weighted by molar-refractivity contribution is 5.92. The Morgan fingerprint density at radius 2 is 2.29 bits per heavy atom. The summed E-state index contributed by atoms with van der Waals surface area (Å²) in [5, 5.41) is 5.83. The summed E-state index contributed by atoms with van der Waals surface area (Å²) >= 11 is 0. The molecule has 2 aliphatic heterocycles. The summed E-state index contributed by atoms with van der Waals surface area (Å²) in [6.45, 7) is 4.21. The van der Waals surface area contributed by atoms with Crippen LogP contribution >= 0.6 is 0 Å². The van der Waals surface area contributed by atoms with Crippen LogP contribution in [-0.4, -0.2) is 43.9 Å². The minimum absolute atomic E-state index is 0.171. The van der Waals surface area contributed by atoms with Gasteiger partial charge in [0.2, 0.25) is 0 Å². The molecule has 2 N–H and O–H groups in total. The van der Waals surface area contributed by atoms with Gasteiger partial charge in [0, 0.05) is 38.4 Å². The molecule has 3 rings (SSSR count). The zero-order valence-electron chi connectivity index (χ0n) is 12.2. The van der Waals surface area contributed by atoms with E-state index >= 15 is 0 Å². The Labute approximate surface area is 124 Å². The highest BCUT2D eigenvalue weighted by Gasteiger charge is 2.19. The van der Waals surface area contributed by atoms with Crippen LogP contribution in [0.3, 0.4) is 0 Å². The maximum Gasteiger partial charge on any atom is 0.319 e. The molecule has 6 heteroatoms. The van der Waals surface area contributed by atoms with E-state index in [-0.39, 0.29) is 6.03 Å². The van der Waals surface area contributed by atoms with Crippen molar-refractivity contribution >= 4 is 17.5 Å². The number of pyridine rings is 1. The van der Waals surface area contributed by atoms with Gasteiger partial charge >= 0.3 is 6.03 Å². The average molecular weight is 290 g/mol. The van der Waals surface area contributed by atoms with Crippen LogP contribution in [0.5, 0.6) is 0 Å². The molecule has 0 radical (unpaired) electrons. The number of anilines is 2. The molecule has 2 aliphatic rings. The number of rotatable bonds is 4. The second kappa shape index (κ2) is 6.76. The van der Waals surface area contributed by atoms with Gasteiger partial charge in [-0.05, 0) is 31.4 Å². The molecule has 6 nitrogen and oxygen atoms in total. The van der Waals surface area contributed by atoms with Crippen molar-refractivity contribution in [3.63, 3.8) is 0 Å². The highest BCUT2D eigenvalue weighted by atomic mass is 16.5. The minimum Gasteiger partial charge on any atom is -0.381 e. The molecule has 2 fully saturated rings. The van der Waals surface area contributed by atoms with E-state index < -0.39 is 0 Å². The molecule has 1 aromatic heterocycles. The Kier molecular flexibility index (Phi) is 4.55. The lowest BCUT2D eigenvalue weighted by molar-refractivity contribution is 0.185. The Bertz CT molecular complexity index is 482. The second-order valence-corrected chi connectivity index (χ2v) is 5.63. The van der Waals surface area contributed by atoms with E-state index in [0.717, 1.165) is 44.2 Å². The SMILES string of the molecule is O=C(NC[C@@H]1CCOC1)Nc1cccnc1N1CCCC1. The monoisotopic (exact) mass is 290 g/mol. The van der Waals surface area contributed by atoms with Crippen molar-refractivity contribution in [1.29, 1.82) is 0 Å². The van der Waals surface area contributed by atoms with Crippen molar-refractivity contribution in [3.8, 4) is 0 Å². The fourth-order valence-electron chi connectivity index (χ4n) is 2.82. The van der Waals surface area contributed by atoms with Crippen LogP contribution in [0.25, 0.3) is 0 Å². The molecule has 0 bridgehead atoms. The van der Waals surface area contributed by atoms with Crippen LogP contribution < -0.4 is 15.5 Å². The van der Waals surface area contributed by atoms with Gasteiger partial charge in [-0.2, -0.15) is 0 Å². The number of nitrogens with zero attached hydrogens (tertiary/aromatic N) is 2. The molecule has 1 aromatic rings. The first-order valence-electron chi connectivity index (χ1n) is 7.65. The lowest BCUT2D eigenvalue weighted by Gasteiger charge is -2.20. The first-order chi connectivity index (χ1) is 10.3. The molecule has 2 amide bonds. The predicted octanol–water partition coefficient (Wildman–Crippen LogP) is 1.84. The van der Waals surface area contributed by atoms with Crippen LogP contribution in [0.2, 0.25) is 0 Å². The van der Waals surface area contributed by atoms with E-state index in [9.17, 15) is 4.79 Å². The maximum atomic E-state index is 12.0. The van der Waals surface area contributed by atoms with Crippen LogP contribution in [0.4, 0.5) is 16.3 Å². The largest absolute Gasteiger partial charge is 0.381 e. The molecular weight excluding hydrogens is 268 g/mol. The molecule has 0 spiro atoms. The van der Waals surface area contributed by atoms with Gasteiger partial charge in [0.1, 0.15) is 0 Å². The summed E-state index contributed by atoms with van der Waals surface area (Å²) in [7, 11) is 0. The Hall–Kier alpha value is -1.82. The zero-order valence-corrected chi connectivity index (χ0v) is 12.2. The summed E-state index contributed by atoms with van der Waals surface area (Å²) in [6.07, 6.45) is 5.16. The van der Waals surface area contributed by atoms with Crippen molar-refractivity contribution in [1.82, 2.24) is 10.3 Å². The molecule has 0 aliphatic carbocycles. The lowest BCUT2D eigenvalue weighted by Crippen LogP contribution is -2.34. The summed E-state index contributed by atoms with van der Waals surface area (Å²) < 4.78 is 5.31. The molecule has 0 aromatic carbocycles. The second-order valence-electron chi connectivity index (χ2n) is 5.63. The van der Waals surface area contributed by atoms with Gasteiger partial charge in [-0.25, -0.2) is 9.78 Å². The third kappa shape index (κ3) is 3.64. The fraction of sp³-hybridized carbons (Fsp3) is 0.600. The standard InChI is InChI=1S/C15H22N4O2/c20-15(17-10-12-5-9-21-11-12)18-13-4-3-6-16-14(13)19-7-1-2-8-19/h3-4,6,12H,1-2,5,7-11H2,(H2,17,18,20)/t12-/m0/s1. The van der Waals surface area contributed by atoms with Gasteiger partial charge in [-0.3, -0.25) is 0 Å². The molecule has 114 valence electrons. The third-order valence-corrected chi connectivity index (χ3v) is 4.02. The lowest BCUT2D eigenvalue weighted by atomic mass is 10.1. The Morgan fingerprint density at radius 1 is 1.43 bits per heavy atom. The fourth-order valence-corrected chi connectivity index (χ4v) is 2.82. The number of urea groups is 1. The molecule has 0 unspecified atom stereocenters. The van der Waals surface area contributed by atoms with Gasteiger partial charge in [0.25, 0.3) is 0 Å².